The molecule has 0 saturated heterocycles. The number of aliphatic carboxylic acids is 1. The van der Waals surface area contributed by atoms with Gasteiger partial charge in [0.25, 0.3) is 0 Å². The number of benzene rings is 3. The van der Waals surface area contributed by atoms with Crippen molar-refractivity contribution in [3.05, 3.63) is 88.6 Å². The molecule has 0 amide bonds. The quantitative estimate of drug-likeness (QED) is 0.202. The predicted octanol–water partition coefficient (Wildman–Crippen LogP) is 7.58. The minimum absolute atomic E-state index is 0.0468. The van der Waals surface area contributed by atoms with Crippen LogP contribution in [-0.2, 0) is 17.5 Å². The molecule has 0 aliphatic carbocycles. The smallest absolute Gasteiger partial charge is 0.416 e. The molecule has 200 valence electrons. The Morgan fingerprint density at radius 2 is 1.74 bits per heavy atom. The molecule has 4 rings (SSSR count). The SMILES string of the molecule is CC(C)CC(c1ccc(CNCCC(=O)O)cc1)n1ncc2c(Cl)c(-c3ccc(C(F)(F)F)cc3)ccc21. The van der Waals surface area contributed by atoms with Crippen molar-refractivity contribution >= 4 is 28.5 Å². The molecule has 0 fully saturated rings. The highest BCUT2D eigenvalue weighted by Gasteiger charge is 2.30. The summed E-state index contributed by atoms with van der Waals surface area (Å²) in [4.78, 5) is 10.7. The van der Waals surface area contributed by atoms with Crippen molar-refractivity contribution < 1.29 is 23.1 Å². The number of rotatable bonds is 10. The van der Waals surface area contributed by atoms with Crippen LogP contribution < -0.4 is 5.32 Å². The van der Waals surface area contributed by atoms with Crippen molar-refractivity contribution in [2.75, 3.05) is 6.54 Å². The maximum absolute atomic E-state index is 13.0. The number of fused-ring (bicyclic) bond motifs is 1. The second-order valence-corrected chi connectivity index (χ2v) is 10.1. The first kappa shape index (κ1) is 27.7. The summed E-state index contributed by atoms with van der Waals surface area (Å²) in [6, 6.07) is 16.8. The topological polar surface area (TPSA) is 67.2 Å². The first-order chi connectivity index (χ1) is 18.0. The molecule has 5 nitrogen and oxygen atoms in total. The molecule has 0 spiro atoms. The molecular weight excluding hydrogens is 515 g/mol. The van der Waals surface area contributed by atoms with Crippen LogP contribution in [0.5, 0.6) is 0 Å². The van der Waals surface area contributed by atoms with Crippen LogP contribution in [0.25, 0.3) is 22.0 Å². The fourth-order valence-corrected chi connectivity index (χ4v) is 4.82. The molecule has 0 radical (unpaired) electrons. The fourth-order valence-electron chi connectivity index (χ4n) is 4.51. The molecule has 4 aromatic rings. The van der Waals surface area contributed by atoms with Gasteiger partial charge in [0.15, 0.2) is 0 Å². The van der Waals surface area contributed by atoms with Gasteiger partial charge in [-0.3, -0.25) is 9.48 Å². The number of carboxylic acid groups (broad SMARTS) is 1. The Kier molecular flexibility index (Phi) is 8.43. The minimum atomic E-state index is -4.39. The summed E-state index contributed by atoms with van der Waals surface area (Å²) < 4.78 is 40.9. The summed E-state index contributed by atoms with van der Waals surface area (Å²) in [5.74, 6) is -0.444. The molecule has 9 heteroatoms. The van der Waals surface area contributed by atoms with Crippen LogP contribution in [0.2, 0.25) is 5.02 Å². The number of nitrogens with zero attached hydrogens (tertiary/aromatic N) is 2. The van der Waals surface area contributed by atoms with Gasteiger partial charge in [-0.2, -0.15) is 18.3 Å². The summed E-state index contributed by atoms with van der Waals surface area (Å²) in [7, 11) is 0. The van der Waals surface area contributed by atoms with Crippen molar-refractivity contribution in [2.45, 2.75) is 45.5 Å². The Hall–Kier alpha value is -3.36. The Bertz CT molecular complexity index is 1400. The number of hydrogen-bond acceptors (Lipinski definition) is 3. The Balaban J connectivity index is 1.62. The first-order valence-electron chi connectivity index (χ1n) is 12.4. The third-order valence-corrected chi connectivity index (χ3v) is 6.84. The number of halogens is 4. The second kappa shape index (κ2) is 11.6. The standard InChI is InChI=1S/C29H29ClF3N3O2/c1-18(2)15-26(21-5-3-19(4-6-21)16-34-14-13-27(37)38)36-25-12-11-23(28(30)24(25)17-35-36)20-7-9-22(10-8-20)29(31,32)33/h3-12,17-18,26,34H,13-16H2,1-2H3,(H,37,38). The van der Waals surface area contributed by atoms with E-state index < -0.39 is 17.7 Å². The van der Waals surface area contributed by atoms with E-state index in [0.717, 1.165) is 40.6 Å². The van der Waals surface area contributed by atoms with E-state index in [2.05, 4.69) is 36.4 Å². The molecule has 0 bridgehead atoms. The van der Waals surface area contributed by atoms with Gasteiger partial charge in [-0.1, -0.05) is 67.9 Å². The van der Waals surface area contributed by atoms with Gasteiger partial charge in [0.05, 0.1) is 34.8 Å². The molecule has 1 heterocycles. The van der Waals surface area contributed by atoms with Gasteiger partial charge in [0.2, 0.25) is 0 Å². The van der Waals surface area contributed by atoms with Crippen molar-refractivity contribution in [1.82, 2.24) is 15.1 Å². The van der Waals surface area contributed by atoms with Crippen molar-refractivity contribution in [3.63, 3.8) is 0 Å². The molecular formula is C29H29ClF3N3O2. The summed E-state index contributed by atoms with van der Waals surface area (Å²) in [5, 5.41) is 17.8. The highest BCUT2D eigenvalue weighted by molar-refractivity contribution is 6.38. The summed E-state index contributed by atoms with van der Waals surface area (Å²) in [6.07, 6.45) is -1.78. The van der Waals surface area contributed by atoms with Crippen LogP contribution >= 0.6 is 11.6 Å². The summed E-state index contributed by atoms with van der Waals surface area (Å²) in [5.41, 5.74) is 3.52. The van der Waals surface area contributed by atoms with Crippen LogP contribution in [0.4, 0.5) is 13.2 Å². The van der Waals surface area contributed by atoms with Crippen LogP contribution in [-0.4, -0.2) is 27.4 Å². The first-order valence-corrected chi connectivity index (χ1v) is 12.8. The highest BCUT2D eigenvalue weighted by Crippen LogP contribution is 2.38. The van der Waals surface area contributed by atoms with Gasteiger partial charge in [0.1, 0.15) is 0 Å². The third kappa shape index (κ3) is 6.37. The van der Waals surface area contributed by atoms with E-state index in [0.29, 0.717) is 35.2 Å². The van der Waals surface area contributed by atoms with Crippen LogP contribution in [0, 0.1) is 5.92 Å². The highest BCUT2D eigenvalue weighted by atomic mass is 35.5. The molecule has 1 aromatic heterocycles. The van der Waals surface area contributed by atoms with Gasteiger partial charge in [-0.05, 0) is 47.2 Å². The van der Waals surface area contributed by atoms with E-state index in [1.807, 2.05) is 28.9 Å². The average molecular weight is 544 g/mol. The molecule has 3 aromatic carbocycles. The Morgan fingerprint density at radius 1 is 1.05 bits per heavy atom. The molecule has 0 aliphatic rings. The Morgan fingerprint density at radius 3 is 2.34 bits per heavy atom. The number of carboxylic acids is 1. The zero-order valence-corrected chi connectivity index (χ0v) is 21.9. The van der Waals surface area contributed by atoms with Crippen LogP contribution in [0.3, 0.4) is 0 Å². The van der Waals surface area contributed by atoms with Gasteiger partial charge >= 0.3 is 12.1 Å². The van der Waals surface area contributed by atoms with Crippen molar-refractivity contribution in [3.8, 4) is 11.1 Å². The largest absolute Gasteiger partial charge is 0.481 e. The maximum Gasteiger partial charge on any atom is 0.416 e. The zero-order chi connectivity index (χ0) is 27.4. The number of alkyl halides is 3. The zero-order valence-electron chi connectivity index (χ0n) is 21.1. The van der Waals surface area contributed by atoms with E-state index in [9.17, 15) is 18.0 Å². The van der Waals surface area contributed by atoms with Gasteiger partial charge < -0.3 is 10.4 Å². The molecule has 0 aliphatic heterocycles. The summed E-state index contributed by atoms with van der Waals surface area (Å²) >= 11 is 6.76. The average Bonchev–Trinajstić information content (AvgIpc) is 3.30. The van der Waals surface area contributed by atoms with E-state index in [1.165, 1.54) is 12.1 Å². The van der Waals surface area contributed by atoms with Crippen LogP contribution in [0.15, 0.2) is 66.9 Å². The molecule has 1 unspecified atom stereocenters. The molecule has 1 atom stereocenters. The number of nitrogens with one attached hydrogen (secondary N) is 1. The Labute approximate surface area is 224 Å². The van der Waals surface area contributed by atoms with Gasteiger partial charge in [-0.25, -0.2) is 0 Å². The molecule has 0 saturated carbocycles. The molecule has 2 N–H and O–H groups in total. The van der Waals surface area contributed by atoms with Gasteiger partial charge in [-0.15, -0.1) is 0 Å². The fraction of sp³-hybridized carbons (Fsp3) is 0.310. The lowest BCUT2D eigenvalue weighted by atomic mass is 9.96. The van der Waals surface area contributed by atoms with E-state index in [4.69, 9.17) is 16.7 Å². The second-order valence-electron chi connectivity index (χ2n) is 9.73. The lowest BCUT2D eigenvalue weighted by Crippen LogP contribution is -2.18. The van der Waals surface area contributed by atoms with Crippen LogP contribution in [0.1, 0.15) is 49.4 Å². The lowest BCUT2D eigenvalue weighted by molar-refractivity contribution is -0.138. The number of hydrogen-bond donors (Lipinski definition) is 2. The van der Waals surface area contributed by atoms with Gasteiger partial charge in [0, 0.05) is 24.0 Å². The predicted molar refractivity (Wildman–Crippen MR) is 143 cm³/mol. The number of carbonyl (C=O) groups is 1. The normalized spacial score (nSPS) is 12.8. The maximum atomic E-state index is 13.0. The molecule has 38 heavy (non-hydrogen) atoms. The van der Waals surface area contributed by atoms with E-state index >= 15 is 0 Å². The third-order valence-electron chi connectivity index (χ3n) is 6.44. The lowest BCUT2D eigenvalue weighted by Gasteiger charge is -2.22. The minimum Gasteiger partial charge on any atom is -0.481 e. The summed E-state index contributed by atoms with van der Waals surface area (Å²) in [6.45, 7) is 5.28. The van der Waals surface area contributed by atoms with Crippen molar-refractivity contribution in [1.29, 1.82) is 0 Å². The monoisotopic (exact) mass is 543 g/mol. The number of aromatic nitrogens is 2. The van der Waals surface area contributed by atoms with Crippen molar-refractivity contribution in [2.24, 2.45) is 5.92 Å². The van der Waals surface area contributed by atoms with E-state index in [1.54, 1.807) is 6.20 Å². The van der Waals surface area contributed by atoms with E-state index in [-0.39, 0.29) is 12.5 Å².